The molecule has 3 aliphatic rings. The molecule has 1 aromatic rings. The number of ketones is 1. The first-order chi connectivity index (χ1) is 9.23. The van der Waals surface area contributed by atoms with Gasteiger partial charge in [0.25, 0.3) is 0 Å². The van der Waals surface area contributed by atoms with Gasteiger partial charge in [-0.2, -0.15) is 0 Å². The number of Topliss-reactive ketones (excluding diaryl/α,β-unsaturated/α-hetero) is 1. The van der Waals surface area contributed by atoms with Crippen LogP contribution in [0.25, 0.3) is 0 Å². The Hall–Kier alpha value is -1.18. The fourth-order valence-corrected chi connectivity index (χ4v) is 4.27. The quantitative estimate of drug-likeness (QED) is 0.748. The van der Waals surface area contributed by atoms with Gasteiger partial charge in [-0.25, -0.2) is 4.39 Å². The first kappa shape index (κ1) is 11.6. The summed E-state index contributed by atoms with van der Waals surface area (Å²) in [6.45, 7) is 0. The highest BCUT2D eigenvalue weighted by Crippen LogP contribution is 2.51. The lowest BCUT2D eigenvalue weighted by atomic mass is 9.66. The molecule has 0 saturated heterocycles. The summed E-state index contributed by atoms with van der Waals surface area (Å²) in [5.41, 5.74) is 2.98. The molecule has 2 heteroatoms. The minimum Gasteiger partial charge on any atom is -0.299 e. The smallest absolute Gasteiger partial charge is 0.146 e. The van der Waals surface area contributed by atoms with Crippen LogP contribution in [0.1, 0.15) is 61.1 Å². The molecule has 2 fully saturated rings. The molecule has 3 aliphatic carbocycles. The molecule has 0 bridgehead atoms. The molecule has 4 rings (SSSR count). The number of hydrogen-bond donors (Lipinski definition) is 0. The van der Waals surface area contributed by atoms with E-state index in [1.807, 2.05) is 12.1 Å². The maximum absolute atomic E-state index is 14.6. The van der Waals surface area contributed by atoms with E-state index >= 15 is 0 Å². The summed E-state index contributed by atoms with van der Waals surface area (Å²) in [5.74, 6) is 0.827. The number of benzene rings is 1. The number of rotatable bonds is 1. The maximum atomic E-state index is 14.6. The Morgan fingerprint density at radius 2 is 2.00 bits per heavy atom. The first-order valence-corrected chi connectivity index (χ1v) is 7.53. The Labute approximate surface area is 113 Å². The van der Waals surface area contributed by atoms with E-state index in [9.17, 15) is 9.18 Å². The normalized spacial score (nSPS) is 33.7. The highest BCUT2D eigenvalue weighted by atomic mass is 19.1. The minimum absolute atomic E-state index is 0.147. The van der Waals surface area contributed by atoms with Gasteiger partial charge in [0, 0.05) is 6.42 Å². The van der Waals surface area contributed by atoms with Crippen molar-refractivity contribution in [3.8, 4) is 0 Å². The van der Waals surface area contributed by atoms with E-state index in [-0.39, 0.29) is 5.78 Å². The van der Waals surface area contributed by atoms with Crippen LogP contribution in [0.3, 0.4) is 0 Å². The number of carbonyl (C=O) groups is 1. The van der Waals surface area contributed by atoms with Crippen LogP contribution in [-0.2, 0) is 16.6 Å². The first-order valence-electron chi connectivity index (χ1n) is 7.53. The molecule has 2 saturated carbocycles. The van der Waals surface area contributed by atoms with Gasteiger partial charge in [0.15, 0.2) is 0 Å². The van der Waals surface area contributed by atoms with Gasteiger partial charge in [-0.1, -0.05) is 18.2 Å². The zero-order chi connectivity index (χ0) is 13.0. The lowest BCUT2D eigenvalue weighted by Gasteiger charge is -2.38. The summed E-state index contributed by atoms with van der Waals surface area (Å²) >= 11 is 0. The van der Waals surface area contributed by atoms with Crippen molar-refractivity contribution in [3.63, 3.8) is 0 Å². The number of alkyl halides is 1. The standard InChI is InChI=1S/C17H19FO/c18-15-9-8-13-12(11-6-7-11)3-1-4-14(13)17(15)10-2-5-16(17)19/h1,3-4,11,15H,2,5-10H2. The molecular formula is C17H19FO. The van der Waals surface area contributed by atoms with Crippen LogP contribution in [0.15, 0.2) is 18.2 Å². The molecule has 0 heterocycles. The van der Waals surface area contributed by atoms with Crippen molar-refractivity contribution in [1.29, 1.82) is 0 Å². The molecular weight excluding hydrogens is 239 g/mol. The second kappa shape index (κ2) is 3.91. The fourth-order valence-electron chi connectivity index (χ4n) is 4.27. The van der Waals surface area contributed by atoms with Gasteiger partial charge in [-0.15, -0.1) is 0 Å². The number of hydrogen-bond acceptors (Lipinski definition) is 1. The fraction of sp³-hybridized carbons (Fsp3) is 0.588. The topological polar surface area (TPSA) is 17.1 Å². The Balaban J connectivity index is 1.91. The van der Waals surface area contributed by atoms with Crippen molar-refractivity contribution in [2.45, 2.75) is 62.5 Å². The van der Waals surface area contributed by atoms with Crippen LogP contribution in [0.4, 0.5) is 4.39 Å². The van der Waals surface area contributed by atoms with Crippen LogP contribution in [-0.4, -0.2) is 12.0 Å². The van der Waals surface area contributed by atoms with E-state index in [2.05, 4.69) is 6.07 Å². The number of halogens is 1. The third-order valence-corrected chi connectivity index (χ3v) is 5.37. The molecule has 1 nitrogen and oxygen atoms in total. The van der Waals surface area contributed by atoms with E-state index in [0.717, 1.165) is 18.4 Å². The van der Waals surface area contributed by atoms with Gasteiger partial charge in [0.2, 0.25) is 0 Å². The molecule has 19 heavy (non-hydrogen) atoms. The lowest BCUT2D eigenvalue weighted by molar-refractivity contribution is -0.124. The molecule has 2 atom stereocenters. The van der Waals surface area contributed by atoms with Crippen molar-refractivity contribution in [1.82, 2.24) is 0 Å². The molecule has 0 aliphatic heterocycles. The predicted octanol–water partition coefficient (Wildman–Crippen LogP) is 3.84. The third-order valence-electron chi connectivity index (χ3n) is 5.37. The van der Waals surface area contributed by atoms with E-state index in [1.165, 1.54) is 24.0 Å². The molecule has 0 aromatic heterocycles. The van der Waals surface area contributed by atoms with E-state index < -0.39 is 11.6 Å². The summed E-state index contributed by atoms with van der Waals surface area (Å²) in [5, 5.41) is 0. The van der Waals surface area contributed by atoms with Crippen LogP contribution in [0.2, 0.25) is 0 Å². The predicted molar refractivity (Wildman–Crippen MR) is 72.2 cm³/mol. The van der Waals surface area contributed by atoms with Crippen molar-refractivity contribution in [3.05, 3.63) is 34.9 Å². The largest absolute Gasteiger partial charge is 0.299 e. The summed E-state index contributed by atoms with van der Waals surface area (Å²) < 4.78 is 14.6. The molecule has 100 valence electrons. The SMILES string of the molecule is O=C1CCCC12c1cccc(C3CC3)c1CCC2F. The summed E-state index contributed by atoms with van der Waals surface area (Å²) in [7, 11) is 0. The van der Waals surface area contributed by atoms with Crippen LogP contribution < -0.4 is 0 Å². The van der Waals surface area contributed by atoms with E-state index in [0.29, 0.717) is 25.2 Å². The summed E-state index contributed by atoms with van der Waals surface area (Å²) in [4.78, 5) is 12.4. The molecule has 2 unspecified atom stereocenters. The molecule has 1 aromatic carbocycles. The van der Waals surface area contributed by atoms with Crippen molar-refractivity contribution < 1.29 is 9.18 Å². The molecule has 0 radical (unpaired) electrons. The zero-order valence-electron chi connectivity index (χ0n) is 11.1. The van der Waals surface area contributed by atoms with E-state index in [1.54, 1.807) is 0 Å². The van der Waals surface area contributed by atoms with Gasteiger partial charge < -0.3 is 0 Å². The summed E-state index contributed by atoms with van der Waals surface area (Å²) in [6, 6.07) is 6.26. The average molecular weight is 258 g/mol. The molecule has 0 N–H and O–H groups in total. The van der Waals surface area contributed by atoms with Crippen molar-refractivity contribution in [2.24, 2.45) is 0 Å². The maximum Gasteiger partial charge on any atom is 0.146 e. The lowest BCUT2D eigenvalue weighted by Crippen LogP contribution is -2.44. The third kappa shape index (κ3) is 1.49. The van der Waals surface area contributed by atoms with Gasteiger partial charge >= 0.3 is 0 Å². The van der Waals surface area contributed by atoms with Gasteiger partial charge in [-0.3, -0.25) is 4.79 Å². The van der Waals surface area contributed by atoms with Gasteiger partial charge in [-0.05, 0) is 61.1 Å². The van der Waals surface area contributed by atoms with Crippen LogP contribution >= 0.6 is 0 Å². The van der Waals surface area contributed by atoms with E-state index in [4.69, 9.17) is 0 Å². The number of fused-ring (bicyclic) bond motifs is 2. The van der Waals surface area contributed by atoms with Crippen molar-refractivity contribution >= 4 is 5.78 Å². The monoisotopic (exact) mass is 258 g/mol. The Morgan fingerprint density at radius 3 is 2.68 bits per heavy atom. The average Bonchev–Trinajstić information content (AvgIpc) is 3.19. The second-order valence-corrected chi connectivity index (χ2v) is 6.40. The summed E-state index contributed by atoms with van der Waals surface area (Å²) in [6.07, 6.45) is 5.03. The van der Waals surface area contributed by atoms with Gasteiger partial charge in [0.05, 0.1) is 5.41 Å². The zero-order valence-corrected chi connectivity index (χ0v) is 11.1. The Kier molecular flexibility index (Phi) is 2.39. The Bertz CT molecular complexity index is 546. The van der Waals surface area contributed by atoms with Crippen molar-refractivity contribution in [2.75, 3.05) is 0 Å². The molecule has 0 amide bonds. The van der Waals surface area contributed by atoms with Crippen LogP contribution in [0, 0.1) is 0 Å². The highest BCUT2D eigenvalue weighted by molar-refractivity contribution is 5.93. The Morgan fingerprint density at radius 1 is 1.16 bits per heavy atom. The second-order valence-electron chi connectivity index (χ2n) is 6.40. The molecule has 1 spiro atoms. The highest BCUT2D eigenvalue weighted by Gasteiger charge is 2.53. The van der Waals surface area contributed by atoms with Gasteiger partial charge in [0.1, 0.15) is 12.0 Å². The number of carbonyl (C=O) groups excluding carboxylic acids is 1. The van der Waals surface area contributed by atoms with Crippen LogP contribution in [0.5, 0.6) is 0 Å². The minimum atomic E-state index is -0.968.